The lowest BCUT2D eigenvalue weighted by Crippen LogP contribution is -2.66. The largest absolute Gasteiger partial charge is 0.504 e. The highest BCUT2D eigenvalue weighted by molar-refractivity contribution is 14.1. The zero-order valence-corrected chi connectivity index (χ0v) is 39.5. The van der Waals surface area contributed by atoms with Crippen molar-refractivity contribution in [2.45, 2.75) is 57.5 Å². The van der Waals surface area contributed by atoms with Gasteiger partial charge >= 0.3 is 14.2 Å². The van der Waals surface area contributed by atoms with Crippen LogP contribution in [0.2, 0.25) is 11.4 Å². The summed E-state index contributed by atoms with van der Waals surface area (Å²) in [6, 6.07) is 40.7. The minimum absolute atomic E-state index is 0.0738. The second-order valence-electron chi connectivity index (χ2n) is 17.9. The van der Waals surface area contributed by atoms with Gasteiger partial charge in [0.25, 0.3) is 8.32 Å². The van der Waals surface area contributed by atoms with Crippen LogP contribution in [0.25, 0.3) is 11.6 Å². The molecule has 4 N–H and O–H groups in total. The average molecular weight is 988 g/mol. The number of methoxy groups -OCH3 is 1. The molecule has 14 heteroatoms. The van der Waals surface area contributed by atoms with Gasteiger partial charge in [-0.25, -0.2) is 0 Å². The molecular weight excluding hydrogens is 935 g/mol. The van der Waals surface area contributed by atoms with E-state index < -0.39 is 46.4 Å². The van der Waals surface area contributed by atoms with Crippen molar-refractivity contribution in [2.75, 3.05) is 18.6 Å². The number of hydrogen-bond donors (Lipinski definition) is 4. The zero-order chi connectivity index (χ0) is 45.3. The first kappa shape index (κ1) is 45.8. The lowest BCUT2D eigenvalue weighted by atomic mass is 9.58. The number of rotatable bonds is 13. The van der Waals surface area contributed by atoms with Gasteiger partial charge in [-0.2, -0.15) is 0 Å². The van der Waals surface area contributed by atoms with Gasteiger partial charge < -0.3 is 34.0 Å². The first-order chi connectivity index (χ1) is 30.7. The van der Waals surface area contributed by atoms with Crippen LogP contribution in [0.5, 0.6) is 11.5 Å². The lowest BCUT2D eigenvalue weighted by Gasteiger charge is -2.46. The number of ether oxygens (including phenoxy) is 1. The van der Waals surface area contributed by atoms with E-state index in [-0.39, 0.29) is 53.1 Å². The van der Waals surface area contributed by atoms with E-state index in [1.165, 1.54) is 24.1 Å². The van der Waals surface area contributed by atoms with Crippen LogP contribution in [0.3, 0.4) is 0 Å². The number of hydrogen-bond acceptors (Lipinski definition) is 9. The van der Waals surface area contributed by atoms with Crippen LogP contribution >= 0.6 is 22.6 Å². The Hall–Kier alpha value is -4.80. The number of halogens is 1. The summed E-state index contributed by atoms with van der Waals surface area (Å²) >= 11 is 2.09. The summed E-state index contributed by atoms with van der Waals surface area (Å²) in [5.74, 6) is -2.37. The summed E-state index contributed by atoms with van der Waals surface area (Å²) in [7, 11) is -4.55. The SMILES string of the molecule is COc1cc(/C=C(/CC[C@H]2OB(O)C[C@H]3C2=C(CO[Si](c2ccccc2)(c2ccccc2)C(C)(C)C)C[C@H]2C(=O)N(c4cccc(B(O)O)c4)C(=O)[C@H]23)c2ccccc2)cc(I)c1O. The van der Waals surface area contributed by atoms with Gasteiger partial charge in [-0.15, -0.1) is 0 Å². The fourth-order valence-corrected chi connectivity index (χ4v) is 15.4. The number of amides is 2. The van der Waals surface area contributed by atoms with E-state index in [2.05, 4.69) is 73.7 Å². The first-order valence-electron chi connectivity index (χ1n) is 21.7. The van der Waals surface area contributed by atoms with E-state index in [0.29, 0.717) is 22.2 Å². The third-order valence-corrected chi connectivity index (χ3v) is 18.9. The molecule has 0 unspecified atom stereocenters. The van der Waals surface area contributed by atoms with Crippen molar-refractivity contribution in [1.29, 1.82) is 0 Å². The molecule has 0 aromatic heterocycles. The molecule has 2 fully saturated rings. The summed E-state index contributed by atoms with van der Waals surface area (Å²) in [6.07, 6.45) is 2.77. The Morgan fingerprint density at radius 1 is 0.891 bits per heavy atom. The predicted molar refractivity (Wildman–Crippen MR) is 263 cm³/mol. The number of phenols is 1. The number of benzene rings is 5. The molecule has 5 aromatic carbocycles. The highest BCUT2D eigenvalue weighted by Gasteiger charge is 2.58. The molecule has 4 atom stereocenters. The summed E-state index contributed by atoms with van der Waals surface area (Å²) in [5, 5.41) is 44.1. The van der Waals surface area contributed by atoms with Crippen LogP contribution in [-0.4, -0.2) is 74.4 Å². The third kappa shape index (κ3) is 8.81. The number of phenolic OH excluding ortho intramolecular Hbond substituents is 1. The number of imide groups is 1. The molecule has 64 heavy (non-hydrogen) atoms. The zero-order valence-electron chi connectivity index (χ0n) is 36.4. The Morgan fingerprint density at radius 3 is 2.14 bits per heavy atom. The minimum atomic E-state index is -3.08. The Kier molecular flexibility index (Phi) is 13.6. The highest BCUT2D eigenvalue weighted by atomic mass is 127. The van der Waals surface area contributed by atoms with Gasteiger partial charge in [0.05, 0.1) is 40.9 Å². The number of carbonyl (C=O) groups is 2. The van der Waals surface area contributed by atoms with Crippen molar-refractivity contribution in [3.8, 4) is 11.5 Å². The second kappa shape index (κ2) is 19.0. The number of anilines is 1. The Balaban J connectivity index is 1.24. The molecule has 5 aromatic rings. The van der Waals surface area contributed by atoms with Gasteiger partial charge in [-0.05, 0) is 127 Å². The van der Waals surface area contributed by atoms with Crippen LogP contribution in [-0.2, 0) is 18.7 Å². The Morgan fingerprint density at radius 2 is 1.53 bits per heavy atom. The standard InChI is InChI=1S/C50H52B2INO9Si/c1-50(2,3)64(38-19-10-6-11-20-38,39-21-12-7-13-22-39)62-31-35-28-40-46(49(57)54(48(40)56)37-18-14-17-36(29-37)52(59)60)41-30-51(58)63-43(45(35)41)24-23-34(33-15-8-5-9-16-33)25-32-26-42(53)47(55)44(27-32)61-4/h5-22,25-27,29,40-41,43,46,55,58-60H,23-24,28,30-31H2,1-4H3/b34-25-/t40-,41+,43-,46-/m1/s1. The molecule has 2 aliphatic heterocycles. The van der Waals surface area contributed by atoms with E-state index in [4.69, 9.17) is 13.8 Å². The van der Waals surface area contributed by atoms with Gasteiger partial charge in [0.1, 0.15) is 0 Å². The van der Waals surface area contributed by atoms with Crippen LogP contribution in [0.4, 0.5) is 5.69 Å². The predicted octanol–water partition coefficient (Wildman–Crippen LogP) is 6.58. The van der Waals surface area contributed by atoms with Crippen LogP contribution in [0.1, 0.15) is 51.2 Å². The number of carbonyl (C=O) groups excluding carboxylic acids is 2. The van der Waals surface area contributed by atoms with Gasteiger partial charge in [0.2, 0.25) is 11.8 Å². The molecule has 8 rings (SSSR count). The lowest BCUT2D eigenvalue weighted by molar-refractivity contribution is -0.122. The van der Waals surface area contributed by atoms with E-state index >= 15 is 0 Å². The van der Waals surface area contributed by atoms with Gasteiger partial charge in [0, 0.05) is 0 Å². The Bertz CT molecular complexity index is 2530. The van der Waals surface area contributed by atoms with E-state index in [9.17, 15) is 29.8 Å². The minimum Gasteiger partial charge on any atom is -0.504 e. The molecule has 1 aliphatic carbocycles. The first-order valence-corrected chi connectivity index (χ1v) is 24.7. The monoisotopic (exact) mass is 987 g/mol. The summed E-state index contributed by atoms with van der Waals surface area (Å²) in [4.78, 5) is 30.6. The maximum absolute atomic E-state index is 14.8. The molecule has 328 valence electrons. The molecule has 3 aliphatic rings. The van der Waals surface area contributed by atoms with Crippen LogP contribution in [0.15, 0.2) is 139 Å². The molecule has 0 spiro atoms. The van der Waals surface area contributed by atoms with E-state index in [0.717, 1.165) is 38.2 Å². The molecule has 0 saturated carbocycles. The molecule has 0 bridgehead atoms. The fourth-order valence-electron chi connectivity index (χ4n) is 10.2. The van der Waals surface area contributed by atoms with Gasteiger partial charge in [-0.1, -0.05) is 130 Å². The number of nitrogens with zero attached hydrogens (tertiary/aromatic N) is 1. The maximum atomic E-state index is 14.8. The van der Waals surface area contributed by atoms with E-state index in [1.54, 1.807) is 18.2 Å². The molecule has 2 heterocycles. The van der Waals surface area contributed by atoms with Crippen molar-refractivity contribution in [1.82, 2.24) is 0 Å². The van der Waals surface area contributed by atoms with Crippen molar-refractivity contribution >= 4 is 90.1 Å². The molecule has 2 amide bonds. The van der Waals surface area contributed by atoms with Crippen molar-refractivity contribution in [2.24, 2.45) is 17.8 Å². The van der Waals surface area contributed by atoms with Crippen LogP contribution in [0, 0.1) is 21.3 Å². The molecular formula is C50H52B2INO9Si. The molecule has 0 radical (unpaired) electrons. The second-order valence-corrected chi connectivity index (χ2v) is 23.3. The normalized spacial score (nSPS) is 20.3. The van der Waals surface area contributed by atoms with E-state index in [1.807, 2.05) is 72.8 Å². The highest BCUT2D eigenvalue weighted by Crippen LogP contribution is 2.52. The third-order valence-electron chi connectivity index (χ3n) is 13.0. The molecule has 10 nitrogen and oxygen atoms in total. The fraction of sp³-hybridized carbons (Fsp3) is 0.280. The number of allylic oxidation sites excluding steroid dienone is 1. The summed E-state index contributed by atoms with van der Waals surface area (Å²) < 4.78 is 20.2. The smallest absolute Gasteiger partial charge is 0.488 e. The van der Waals surface area contributed by atoms with Gasteiger partial charge in [-0.3, -0.25) is 14.5 Å². The topological polar surface area (TPSA) is 146 Å². The van der Waals surface area contributed by atoms with Gasteiger partial charge in [0.15, 0.2) is 11.5 Å². The maximum Gasteiger partial charge on any atom is 0.488 e. The van der Waals surface area contributed by atoms with Crippen molar-refractivity contribution in [3.05, 3.63) is 153 Å². The van der Waals surface area contributed by atoms with Crippen molar-refractivity contribution < 1.29 is 43.6 Å². The van der Waals surface area contributed by atoms with Crippen molar-refractivity contribution in [3.63, 3.8) is 0 Å². The Labute approximate surface area is 390 Å². The summed E-state index contributed by atoms with van der Waals surface area (Å²) in [6.45, 7) is 6.84. The quantitative estimate of drug-likeness (QED) is 0.0338. The number of fused-ring (bicyclic) bond motifs is 3. The average Bonchev–Trinajstić information content (AvgIpc) is 3.54. The van der Waals surface area contributed by atoms with Crippen LogP contribution < -0.4 is 25.5 Å². The number of aromatic hydroxyl groups is 1. The summed E-state index contributed by atoms with van der Waals surface area (Å²) in [5.41, 5.74) is 5.04. The molecule has 2 saturated heterocycles.